The smallest absolute Gasteiger partial charge is 0.490 e. The minimum Gasteiger partial charge on any atom is -0.508 e. The summed E-state index contributed by atoms with van der Waals surface area (Å²) in [5, 5.41) is 30.5. The number of aliphatic carboxylic acids is 2. The van der Waals surface area contributed by atoms with Gasteiger partial charge in [-0.15, -0.1) is 0 Å². The zero-order valence-electron chi connectivity index (χ0n) is 27.4. The van der Waals surface area contributed by atoms with E-state index in [9.17, 15) is 31.4 Å². The third kappa shape index (κ3) is 8.87. The molecule has 7 rings (SSSR count). The fourth-order valence-electron chi connectivity index (χ4n) is 6.34. The van der Waals surface area contributed by atoms with Crippen molar-refractivity contribution in [2.75, 3.05) is 38.2 Å². The first-order valence-electron chi connectivity index (χ1n) is 15.9. The number of piperazine rings is 1. The number of aromatic nitrogens is 3. The quantitative estimate of drug-likeness (QED) is 0.194. The second-order valence-corrected chi connectivity index (χ2v) is 12.5. The van der Waals surface area contributed by atoms with Gasteiger partial charge in [0, 0.05) is 43.0 Å². The van der Waals surface area contributed by atoms with Crippen molar-refractivity contribution >= 4 is 39.4 Å². The molecule has 3 atom stereocenters. The van der Waals surface area contributed by atoms with E-state index in [0.717, 1.165) is 56.1 Å². The van der Waals surface area contributed by atoms with Crippen molar-refractivity contribution in [1.82, 2.24) is 25.2 Å². The summed E-state index contributed by atoms with van der Waals surface area (Å²) in [6.45, 7) is 3.11. The van der Waals surface area contributed by atoms with Crippen LogP contribution in [0.3, 0.4) is 0 Å². The Morgan fingerprint density at radius 2 is 1.56 bits per heavy atom. The van der Waals surface area contributed by atoms with Gasteiger partial charge in [-0.25, -0.2) is 14.0 Å². The number of hydrogen-bond donors (Lipinski definition) is 4. The molecule has 3 aliphatic rings. The monoisotopic (exact) mass is 742 g/mol. The number of aromatic hydroxyl groups is 1. The summed E-state index contributed by atoms with van der Waals surface area (Å²) in [6, 6.07) is 12.1. The van der Waals surface area contributed by atoms with E-state index in [1.165, 1.54) is 0 Å². The van der Waals surface area contributed by atoms with Gasteiger partial charge in [-0.2, -0.15) is 36.3 Å². The van der Waals surface area contributed by atoms with E-state index in [4.69, 9.17) is 29.5 Å². The molecule has 2 aromatic carbocycles. The van der Waals surface area contributed by atoms with Crippen molar-refractivity contribution in [2.24, 2.45) is 0 Å². The third-order valence-electron chi connectivity index (χ3n) is 8.82. The highest BCUT2D eigenvalue weighted by Crippen LogP contribution is 2.37. The van der Waals surface area contributed by atoms with Crippen LogP contribution in [0.5, 0.6) is 11.8 Å². The van der Waals surface area contributed by atoms with Crippen molar-refractivity contribution in [1.29, 1.82) is 0 Å². The predicted molar refractivity (Wildman–Crippen MR) is 173 cm³/mol. The van der Waals surface area contributed by atoms with E-state index >= 15 is 4.39 Å². The highest BCUT2D eigenvalue weighted by Gasteiger charge is 2.39. The number of carboxylic acid groups (broad SMARTS) is 2. The van der Waals surface area contributed by atoms with E-state index in [-0.39, 0.29) is 23.0 Å². The van der Waals surface area contributed by atoms with Gasteiger partial charge in [0.2, 0.25) is 0 Å². The molecule has 3 saturated heterocycles. The highest BCUT2D eigenvalue weighted by atomic mass is 19.4. The molecule has 280 valence electrons. The zero-order chi connectivity index (χ0) is 38.0. The Morgan fingerprint density at radius 3 is 2.13 bits per heavy atom. The molecule has 4 aromatic rings. The Labute approximate surface area is 290 Å². The number of anilines is 1. The molecule has 0 radical (unpaired) electrons. The number of phenols is 1. The Bertz CT molecular complexity index is 1910. The second kappa shape index (κ2) is 15.3. The summed E-state index contributed by atoms with van der Waals surface area (Å²) in [4.78, 5) is 36.3. The van der Waals surface area contributed by atoms with Crippen molar-refractivity contribution in [3.63, 3.8) is 0 Å². The fraction of sp³-hybridized carbons (Fsp3) is 0.424. The SMILES string of the molecule is CN1CCC[C@H]1COc1nc(N2C[C@H]3CC[C@@H](C2)N3)c2cnc(-c3cc(O)cc4ccccc34)c(F)c2n1.O=C(O)C(F)(F)F.O=C(O)C(F)(F)F. The normalized spacial score (nSPS) is 20.2. The number of rotatable bonds is 5. The molecule has 3 fully saturated rings. The maximum atomic E-state index is 16.4. The van der Waals surface area contributed by atoms with Gasteiger partial charge in [0.05, 0.1) is 5.39 Å². The van der Waals surface area contributed by atoms with E-state index in [1.807, 2.05) is 24.3 Å². The van der Waals surface area contributed by atoms with Crippen LogP contribution < -0.4 is 15.0 Å². The van der Waals surface area contributed by atoms with Crippen molar-refractivity contribution in [2.45, 2.75) is 56.2 Å². The summed E-state index contributed by atoms with van der Waals surface area (Å²) < 4.78 is 86.0. The molecule has 0 amide bonds. The van der Waals surface area contributed by atoms with Gasteiger partial charge in [-0.3, -0.25) is 4.98 Å². The van der Waals surface area contributed by atoms with Gasteiger partial charge in [0.1, 0.15) is 29.4 Å². The Balaban J connectivity index is 0.000000318. The summed E-state index contributed by atoms with van der Waals surface area (Å²) in [7, 11) is 2.10. The van der Waals surface area contributed by atoms with Crippen LogP contribution in [0, 0.1) is 5.82 Å². The first kappa shape index (κ1) is 38.2. The number of benzene rings is 2. The summed E-state index contributed by atoms with van der Waals surface area (Å²) in [6.07, 6.45) is -4.04. The Kier molecular flexibility index (Phi) is 11.2. The van der Waals surface area contributed by atoms with Gasteiger partial charge in [-0.05, 0) is 62.2 Å². The number of fused-ring (bicyclic) bond motifs is 4. The van der Waals surface area contributed by atoms with Gasteiger partial charge in [0.15, 0.2) is 5.82 Å². The average Bonchev–Trinajstić information content (AvgIpc) is 3.65. The molecule has 4 N–H and O–H groups in total. The lowest BCUT2D eigenvalue weighted by molar-refractivity contribution is -0.193. The number of phenolic OH excluding ortho intramolecular Hbond substituents is 1. The van der Waals surface area contributed by atoms with Gasteiger partial charge < -0.3 is 35.2 Å². The minimum atomic E-state index is -5.08. The number of likely N-dealkylation sites (N-methyl/N-ethyl adjacent to an activating group) is 1. The number of alkyl halides is 6. The maximum absolute atomic E-state index is 16.4. The summed E-state index contributed by atoms with van der Waals surface area (Å²) >= 11 is 0. The number of ether oxygens (including phenoxy) is 1. The largest absolute Gasteiger partial charge is 0.508 e. The number of likely N-dealkylation sites (tertiary alicyclic amines) is 1. The predicted octanol–water partition coefficient (Wildman–Crippen LogP) is 5.37. The van der Waals surface area contributed by atoms with Crippen molar-refractivity contribution in [3.05, 3.63) is 48.4 Å². The van der Waals surface area contributed by atoms with Crippen molar-refractivity contribution in [3.8, 4) is 23.0 Å². The minimum absolute atomic E-state index is 0.0596. The van der Waals surface area contributed by atoms with Crippen LogP contribution in [0.15, 0.2) is 42.6 Å². The maximum Gasteiger partial charge on any atom is 0.490 e. The second-order valence-electron chi connectivity index (χ2n) is 12.5. The van der Waals surface area contributed by atoms with Crippen LogP contribution in [-0.2, 0) is 9.59 Å². The lowest BCUT2D eigenvalue weighted by Gasteiger charge is -2.34. The molecule has 19 heteroatoms. The molecule has 2 bridgehead atoms. The van der Waals surface area contributed by atoms with Crippen LogP contribution in [0.4, 0.5) is 36.6 Å². The standard InChI is InChI=1S/C29H31FN6O2.2C2HF3O2/c1-35-10-4-6-20(35)16-38-29-33-27-24(28(34-29)36-14-18-8-9-19(15-36)32-18)13-31-26(25(27)30)23-12-21(37)11-17-5-2-3-7-22(17)23;2*3-2(4,5)1(6)7/h2-3,5,7,11-13,18-20,32,37H,4,6,8-10,14-16H2,1H3;2*(H,6,7)/t18-,19+,20-;;/m0../s1. The molecule has 0 spiro atoms. The van der Waals surface area contributed by atoms with Crippen LogP contribution >= 0.6 is 0 Å². The zero-order valence-corrected chi connectivity index (χ0v) is 27.4. The first-order chi connectivity index (χ1) is 24.4. The number of hydrogen-bond acceptors (Lipinski definition) is 10. The molecule has 52 heavy (non-hydrogen) atoms. The number of nitrogens with zero attached hydrogens (tertiary/aromatic N) is 5. The molecule has 0 saturated carbocycles. The number of carboxylic acids is 2. The Hall–Kier alpha value is -5.04. The molecule has 12 nitrogen and oxygen atoms in total. The molecule has 2 aromatic heterocycles. The van der Waals surface area contributed by atoms with E-state index < -0.39 is 30.1 Å². The van der Waals surface area contributed by atoms with Gasteiger partial charge in [-0.1, -0.05) is 24.3 Å². The molecule has 0 aliphatic carbocycles. The van der Waals surface area contributed by atoms with Crippen molar-refractivity contribution < 1.29 is 60.4 Å². The average molecular weight is 743 g/mol. The van der Waals surface area contributed by atoms with Crippen LogP contribution in [0.25, 0.3) is 32.9 Å². The topological polar surface area (TPSA) is 161 Å². The number of nitrogens with one attached hydrogen (secondary N) is 1. The summed E-state index contributed by atoms with van der Waals surface area (Å²) in [5.41, 5.74) is 0.861. The summed E-state index contributed by atoms with van der Waals surface area (Å²) in [5.74, 6) is -5.32. The van der Waals surface area contributed by atoms with E-state index in [1.54, 1.807) is 18.3 Å². The van der Waals surface area contributed by atoms with Crippen LogP contribution in [0.2, 0.25) is 0 Å². The van der Waals surface area contributed by atoms with Crippen LogP contribution in [0.1, 0.15) is 25.7 Å². The van der Waals surface area contributed by atoms with Gasteiger partial charge >= 0.3 is 30.3 Å². The lowest BCUT2D eigenvalue weighted by Crippen LogP contribution is -2.51. The van der Waals surface area contributed by atoms with E-state index in [2.05, 4.69) is 32.1 Å². The highest BCUT2D eigenvalue weighted by molar-refractivity contribution is 6.00. The molecule has 3 aliphatic heterocycles. The number of halogens is 7. The molecule has 5 heterocycles. The van der Waals surface area contributed by atoms with Gasteiger partial charge in [0.25, 0.3) is 0 Å². The van der Waals surface area contributed by atoms with Crippen LogP contribution in [-0.4, -0.2) is 111 Å². The number of pyridine rings is 1. The first-order valence-corrected chi connectivity index (χ1v) is 15.9. The molecular formula is C33H33F7N6O6. The molecular weight excluding hydrogens is 709 g/mol. The third-order valence-corrected chi connectivity index (χ3v) is 8.82. The fourth-order valence-corrected chi connectivity index (χ4v) is 6.34. The number of carbonyl (C=O) groups is 2. The lowest BCUT2D eigenvalue weighted by atomic mass is 10.0. The van der Waals surface area contributed by atoms with E-state index in [0.29, 0.717) is 41.5 Å². The molecule has 0 unspecified atom stereocenters. The Morgan fingerprint density at radius 1 is 0.942 bits per heavy atom.